The Labute approximate surface area is 110 Å². The number of hydrogen-bond acceptors (Lipinski definition) is 3. The van der Waals surface area contributed by atoms with Crippen molar-refractivity contribution in [3.8, 4) is 0 Å². The first-order valence-corrected chi connectivity index (χ1v) is 7.25. The number of hydrogen-bond donors (Lipinski definition) is 1. The van der Waals surface area contributed by atoms with Gasteiger partial charge in [-0.3, -0.25) is 0 Å². The third-order valence-corrected chi connectivity index (χ3v) is 4.41. The Morgan fingerprint density at radius 2 is 2.22 bits per heavy atom. The maximum Gasteiger partial charge on any atom is 0.141 e. The highest BCUT2D eigenvalue weighted by molar-refractivity contribution is 4.91. The van der Waals surface area contributed by atoms with Gasteiger partial charge in [-0.15, -0.1) is 0 Å². The summed E-state index contributed by atoms with van der Waals surface area (Å²) in [5.74, 6) is 2.73. The molecule has 1 aromatic rings. The highest BCUT2D eigenvalue weighted by Gasteiger charge is 2.31. The van der Waals surface area contributed by atoms with Crippen LogP contribution in [0.1, 0.15) is 58.8 Å². The fourth-order valence-corrected chi connectivity index (χ4v) is 3.17. The van der Waals surface area contributed by atoms with Crippen molar-refractivity contribution in [2.45, 2.75) is 65.6 Å². The molecule has 0 saturated heterocycles. The molecule has 0 bridgehead atoms. The van der Waals surface area contributed by atoms with Gasteiger partial charge in [-0.25, -0.2) is 9.67 Å². The first-order valence-electron chi connectivity index (χ1n) is 7.25. The van der Waals surface area contributed by atoms with Crippen LogP contribution in [0.3, 0.4) is 0 Å². The second kappa shape index (κ2) is 5.83. The molecule has 1 aliphatic rings. The van der Waals surface area contributed by atoms with Crippen LogP contribution in [-0.2, 0) is 6.54 Å². The minimum absolute atomic E-state index is 0.383. The minimum Gasteiger partial charge on any atom is -0.307 e. The molecule has 0 spiro atoms. The van der Waals surface area contributed by atoms with Crippen molar-refractivity contribution in [3.05, 3.63) is 12.2 Å². The van der Waals surface area contributed by atoms with E-state index in [-0.39, 0.29) is 0 Å². The molecule has 1 saturated carbocycles. The summed E-state index contributed by atoms with van der Waals surface area (Å²) in [6, 6.07) is 1.03. The standard InChI is InChI=1S/C14H26N4/c1-5-12-6-7-13(11(12)4)15-8-14-16-9-17-18(14)10(2)3/h9-13,15H,5-8H2,1-4H3. The van der Waals surface area contributed by atoms with E-state index in [0.717, 1.165) is 24.2 Å². The van der Waals surface area contributed by atoms with Crippen LogP contribution in [0.25, 0.3) is 0 Å². The molecule has 0 aromatic carbocycles. The van der Waals surface area contributed by atoms with Gasteiger partial charge in [0.05, 0.1) is 6.54 Å². The smallest absolute Gasteiger partial charge is 0.141 e. The lowest BCUT2D eigenvalue weighted by atomic mass is 9.93. The maximum absolute atomic E-state index is 4.35. The topological polar surface area (TPSA) is 42.7 Å². The first-order chi connectivity index (χ1) is 8.63. The Hall–Kier alpha value is -0.900. The normalized spacial score (nSPS) is 28.2. The summed E-state index contributed by atoms with van der Waals surface area (Å²) in [6.45, 7) is 9.81. The van der Waals surface area contributed by atoms with E-state index in [0.29, 0.717) is 12.1 Å². The van der Waals surface area contributed by atoms with Gasteiger partial charge in [0.2, 0.25) is 0 Å². The van der Waals surface area contributed by atoms with Gasteiger partial charge in [-0.05, 0) is 38.5 Å². The van der Waals surface area contributed by atoms with Gasteiger partial charge in [0.25, 0.3) is 0 Å². The van der Waals surface area contributed by atoms with Gasteiger partial charge in [0.1, 0.15) is 12.2 Å². The molecular formula is C14H26N4. The Morgan fingerprint density at radius 3 is 2.83 bits per heavy atom. The number of nitrogens with zero attached hydrogens (tertiary/aromatic N) is 3. The molecule has 1 fully saturated rings. The van der Waals surface area contributed by atoms with E-state index in [4.69, 9.17) is 0 Å². The van der Waals surface area contributed by atoms with Crippen LogP contribution >= 0.6 is 0 Å². The fraction of sp³-hybridized carbons (Fsp3) is 0.857. The molecule has 1 aromatic heterocycles. The maximum atomic E-state index is 4.35. The van der Waals surface area contributed by atoms with Crippen LogP contribution in [0.15, 0.2) is 6.33 Å². The fourth-order valence-electron chi connectivity index (χ4n) is 3.17. The molecule has 2 rings (SSSR count). The van der Waals surface area contributed by atoms with E-state index in [1.165, 1.54) is 19.3 Å². The van der Waals surface area contributed by atoms with Crippen molar-refractivity contribution in [1.29, 1.82) is 0 Å². The predicted octanol–water partition coefficient (Wildman–Crippen LogP) is 2.77. The first kappa shape index (κ1) is 13.5. The molecule has 18 heavy (non-hydrogen) atoms. The third-order valence-electron chi connectivity index (χ3n) is 4.41. The average molecular weight is 250 g/mol. The minimum atomic E-state index is 0.383. The Balaban J connectivity index is 1.90. The molecule has 1 aliphatic carbocycles. The van der Waals surface area contributed by atoms with Crippen molar-refractivity contribution >= 4 is 0 Å². The second-order valence-electron chi connectivity index (χ2n) is 5.81. The molecule has 4 heteroatoms. The summed E-state index contributed by atoms with van der Waals surface area (Å²) in [4.78, 5) is 4.35. The highest BCUT2D eigenvalue weighted by Crippen LogP contribution is 2.33. The zero-order chi connectivity index (χ0) is 13.1. The van der Waals surface area contributed by atoms with Crippen LogP contribution in [0.4, 0.5) is 0 Å². The van der Waals surface area contributed by atoms with Gasteiger partial charge >= 0.3 is 0 Å². The summed E-state index contributed by atoms with van der Waals surface area (Å²) < 4.78 is 2.00. The molecular weight excluding hydrogens is 224 g/mol. The molecule has 0 amide bonds. The summed E-state index contributed by atoms with van der Waals surface area (Å²) in [5, 5.41) is 7.95. The Bertz CT molecular complexity index is 372. The largest absolute Gasteiger partial charge is 0.307 e. The Kier molecular flexibility index (Phi) is 4.38. The van der Waals surface area contributed by atoms with Crippen LogP contribution in [0.2, 0.25) is 0 Å². The van der Waals surface area contributed by atoms with Crippen molar-refractivity contribution < 1.29 is 0 Å². The monoisotopic (exact) mass is 250 g/mol. The van der Waals surface area contributed by atoms with Gasteiger partial charge < -0.3 is 5.32 Å². The van der Waals surface area contributed by atoms with E-state index in [2.05, 4.69) is 43.1 Å². The average Bonchev–Trinajstić information content (AvgIpc) is 2.93. The highest BCUT2D eigenvalue weighted by atomic mass is 15.4. The lowest BCUT2D eigenvalue weighted by Gasteiger charge is -2.21. The zero-order valence-electron chi connectivity index (χ0n) is 12.1. The van der Waals surface area contributed by atoms with Crippen molar-refractivity contribution in [1.82, 2.24) is 20.1 Å². The number of nitrogens with one attached hydrogen (secondary N) is 1. The molecule has 3 unspecified atom stereocenters. The summed E-state index contributed by atoms with van der Waals surface area (Å²) in [6.07, 6.45) is 5.63. The molecule has 3 atom stereocenters. The van der Waals surface area contributed by atoms with Crippen molar-refractivity contribution in [2.24, 2.45) is 11.8 Å². The Morgan fingerprint density at radius 1 is 1.44 bits per heavy atom. The number of aromatic nitrogens is 3. The van der Waals surface area contributed by atoms with Crippen LogP contribution in [0, 0.1) is 11.8 Å². The van der Waals surface area contributed by atoms with E-state index in [1.807, 2.05) is 4.68 Å². The van der Waals surface area contributed by atoms with Gasteiger partial charge in [0.15, 0.2) is 0 Å². The SMILES string of the molecule is CCC1CCC(NCc2ncnn2C(C)C)C1C. The van der Waals surface area contributed by atoms with E-state index < -0.39 is 0 Å². The summed E-state index contributed by atoms with van der Waals surface area (Å²) in [5.41, 5.74) is 0. The quantitative estimate of drug-likeness (QED) is 0.874. The van der Waals surface area contributed by atoms with Crippen LogP contribution in [-0.4, -0.2) is 20.8 Å². The molecule has 4 nitrogen and oxygen atoms in total. The van der Waals surface area contributed by atoms with Gasteiger partial charge in [-0.1, -0.05) is 20.3 Å². The van der Waals surface area contributed by atoms with E-state index in [9.17, 15) is 0 Å². The zero-order valence-corrected chi connectivity index (χ0v) is 12.1. The van der Waals surface area contributed by atoms with E-state index in [1.54, 1.807) is 6.33 Å². The second-order valence-corrected chi connectivity index (χ2v) is 5.81. The summed E-state index contributed by atoms with van der Waals surface area (Å²) in [7, 11) is 0. The van der Waals surface area contributed by atoms with Gasteiger partial charge in [-0.2, -0.15) is 5.10 Å². The van der Waals surface area contributed by atoms with E-state index >= 15 is 0 Å². The molecule has 1 N–H and O–H groups in total. The lowest BCUT2D eigenvalue weighted by molar-refractivity contribution is 0.339. The lowest BCUT2D eigenvalue weighted by Crippen LogP contribution is -2.33. The molecule has 0 radical (unpaired) electrons. The molecule has 1 heterocycles. The number of rotatable bonds is 5. The summed E-state index contributed by atoms with van der Waals surface area (Å²) >= 11 is 0. The molecule has 102 valence electrons. The van der Waals surface area contributed by atoms with Crippen LogP contribution in [0.5, 0.6) is 0 Å². The molecule has 0 aliphatic heterocycles. The predicted molar refractivity (Wildman–Crippen MR) is 73.2 cm³/mol. The third kappa shape index (κ3) is 2.74. The van der Waals surface area contributed by atoms with Crippen molar-refractivity contribution in [2.75, 3.05) is 0 Å². The van der Waals surface area contributed by atoms with Gasteiger partial charge in [0, 0.05) is 12.1 Å². The van der Waals surface area contributed by atoms with Crippen molar-refractivity contribution in [3.63, 3.8) is 0 Å². The van der Waals surface area contributed by atoms with Crippen LogP contribution < -0.4 is 5.32 Å².